The Morgan fingerprint density at radius 2 is 1.79 bits per heavy atom. The summed E-state index contributed by atoms with van der Waals surface area (Å²) in [6, 6.07) is 6.38. The molecule has 0 aliphatic carbocycles. The third-order valence-corrected chi connectivity index (χ3v) is 2.81. The number of anilines is 1. The molecular weight excluding hydrogens is 244 g/mol. The van der Waals surface area contributed by atoms with Gasteiger partial charge in [0.25, 0.3) is 5.91 Å². The van der Waals surface area contributed by atoms with Crippen molar-refractivity contribution in [2.75, 3.05) is 5.32 Å². The van der Waals surface area contributed by atoms with Crippen LogP contribution >= 0.6 is 0 Å². The molecule has 19 heavy (non-hydrogen) atoms. The first-order chi connectivity index (χ1) is 8.99. The van der Waals surface area contributed by atoms with E-state index in [9.17, 15) is 9.59 Å². The number of carbonyl (C=O) groups is 2. The first kappa shape index (κ1) is 12.9. The summed E-state index contributed by atoms with van der Waals surface area (Å²) in [7, 11) is 0. The molecule has 2 aromatic rings. The Labute approximate surface area is 110 Å². The number of rotatable bonds is 3. The van der Waals surface area contributed by atoms with Gasteiger partial charge in [0, 0.05) is 16.8 Å². The summed E-state index contributed by atoms with van der Waals surface area (Å²) in [6.07, 6.45) is 1.54. The standard InChI is InChI=1S/C14H14N2O3/c1-8-7-19-9(2)12(8)14(18)16-11-5-3-10(4-6-11)13(15)17/h3-7H,1-2H3,(H2,15,17)(H,16,18). The molecule has 0 aliphatic heterocycles. The largest absolute Gasteiger partial charge is 0.469 e. The summed E-state index contributed by atoms with van der Waals surface area (Å²) in [5, 5.41) is 2.74. The highest BCUT2D eigenvalue weighted by Crippen LogP contribution is 2.18. The van der Waals surface area contributed by atoms with E-state index in [0.29, 0.717) is 22.6 Å². The van der Waals surface area contributed by atoms with Gasteiger partial charge in [-0.3, -0.25) is 9.59 Å². The van der Waals surface area contributed by atoms with Gasteiger partial charge in [-0.05, 0) is 38.1 Å². The zero-order valence-corrected chi connectivity index (χ0v) is 10.7. The number of carbonyl (C=O) groups excluding carboxylic acids is 2. The monoisotopic (exact) mass is 258 g/mol. The van der Waals surface area contributed by atoms with E-state index in [-0.39, 0.29) is 5.91 Å². The predicted octanol–water partition coefficient (Wildman–Crippen LogP) is 2.25. The molecule has 98 valence electrons. The second-order valence-corrected chi connectivity index (χ2v) is 4.25. The summed E-state index contributed by atoms with van der Waals surface area (Å²) >= 11 is 0. The first-order valence-corrected chi connectivity index (χ1v) is 5.75. The Kier molecular flexibility index (Phi) is 3.37. The van der Waals surface area contributed by atoms with Gasteiger partial charge in [0.15, 0.2) is 0 Å². The maximum Gasteiger partial charge on any atom is 0.259 e. The summed E-state index contributed by atoms with van der Waals surface area (Å²) in [4.78, 5) is 23.0. The van der Waals surface area contributed by atoms with Gasteiger partial charge in [-0.15, -0.1) is 0 Å². The summed E-state index contributed by atoms with van der Waals surface area (Å²) < 4.78 is 5.18. The van der Waals surface area contributed by atoms with Crippen LogP contribution in [0.15, 0.2) is 34.9 Å². The zero-order valence-electron chi connectivity index (χ0n) is 10.7. The van der Waals surface area contributed by atoms with Crippen molar-refractivity contribution in [2.45, 2.75) is 13.8 Å². The second-order valence-electron chi connectivity index (χ2n) is 4.25. The number of nitrogens with one attached hydrogen (secondary N) is 1. The van der Waals surface area contributed by atoms with E-state index in [1.54, 1.807) is 37.5 Å². The van der Waals surface area contributed by atoms with Crippen molar-refractivity contribution in [3.05, 3.63) is 53.0 Å². The van der Waals surface area contributed by atoms with Crippen molar-refractivity contribution in [3.63, 3.8) is 0 Å². The summed E-state index contributed by atoms with van der Waals surface area (Å²) in [5.74, 6) is -0.168. The van der Waals surface area contributed by atoms with Crippen molar-refractivity contribution in [3.8, 4) is 0 Å². The van der Waals surface area contributed by atoms with E-state index in [2.05, 4.69) is 5.32 Å². The molecular formula is C14H14N2O3. The molecule has 0 spiro atoms. The summed E-state index contributed by atoms with van der Waals surface area (Å²) in [5.41, 5.74) is 7.44. The molecule has 0 atom stereocenters. The lowest BCUT2D eigenvalue weighted by Gasteiger charge is -2.05. The Morgan fingerprint density at radius 1 is 1.16 bits per heavy atom. The molecule has 1 aromatic heterocycles. The minimum atomic E-state index is -0.501. The lowest BCUT2D eigenvalue weighted by atomic mass is 10.1. The molecule has 5 nitrogen and oxygen atoms in total. The van der Waals surface area contributed by atoms with Crippen LogP contribution in [0.3, 0.4) is 0 Å². The van der Waals surface area contributed by atoms with Crippen LogP contribution in [0, 0.1) is 13.8 Å². The van der Waals surface area contributed by atoms with E-state index >= 15 is 0 Å². The fourth-order valence-electron chi connectivity index (χ4n) is 1.82. The van der Waals surface area contributed by atoms with Crippen molar-refractivity contribution >= 4 is 17.5 Å². The molecule has 0 bridgehead atoms. The molecule has 0 fully saturated rings. The minimum Gasteiger partial charge on any atom is -0.469 e. The van der Waals surface area contributed by atoms with Crippen LogP contribution in [0.1, 0.15) is 32.0 Å². The van der Waals surface area contributed by atoms with Crippen LogP contribution in [-0.2, 0) is 0 Å². The van der Waals surface area contributed by atoms with E-state index in [1.807, 2.05) is 6.92 Å². The van der Waals surface area contributed by atoms with Crippen molar-refractivity contribution in [1.82, 2.24) is 0 Å². The van der Waals surface area contributed by atoms with Crippen molar-refractivity contribution in [1.29, 1.82) is 0 Å². The molecule has 2 rings (SSSR count). The Hall–Kier alpha value is -2.56. The third kappa shape index (κ3) is 2.65. The Balaban J connectivity index is 2.17. The van der Waals surface area contributed by atoms with Gasteiger partial charge in [0.05, 0.1) is 11.8 Å². The third-order valence-electron chi connectivity index (χ3n) is 2.81. The number of aryl methyl sites for hydroxylation is 2. The number of hydrogen-bond donors (Lipinski definition) is 2. The molecule has 0 aliphatic rings. The molecule has 0 saturated carbocycles. The highest BCUT2D eigenvalue weighted by molar-refractivity contribution is 6.06. The lowest BCUT2D eigenvalue weighted by Crippen LogP contribution is -2.14. The van der Waals surface area contributed by atoms with Crippen molar-refractivity contribution < 1.29 is 14.0 Å². The highest BCUT2D eigenvalue weighted by atomic mass is 16.3. The van der Waals surface area contributed by atoms with Crippen LogP contribution in [0.2, 0.25) is 0 Å². The predicted molar refractivity (Wildman–Crippen MR) is 71.1 cm³/mol. The van der Waals surface area contributed by atoms with Gasteiger partial charge < -0.3 is 15.5 Å². The average Bonchev–Trinajstić information content (AvgIpc) is 2.69. The number of hydrogen-bond acceptors (Lipinski definition) is 3. The fraction of sp³-hybridized carbons (Fsp3) is 0.143. The lowest BCUT2D eigenvalue weighted by molar-refractivity contribution is 0.0998. The van der Waals surface area contributed by atoms with Crippen LogP contribution in [0.5, 0.6) is 0 Å². The molecule has 1 heterocycles. The number of amides is 2. The van der Waals surface area contributed by atoms with Gasteiger partial charge in [0.1, 0.15) is 5.76 Å². The number of primary amides is 1. The van der Waals surface area contributed by atoms with Gasteiger partial charge in [0.2, 0.25) is 5.91 Å². The van der Waals surface area contributed by atoms with Gasteiger partial charge in [-0.25, -0.2) is 0 Å². The number of benzene rings is 1. The van der Waals surface area contributed by atoms with Gasteiger partial charge in [-0.1, -0.05) is 0 Å². The topological polar surface area (TPSA) is 85.3 Å². The molecule has 2 amide bonds. The normalized spacial score (nSPS) is 10.2. The van der Waals surface area contributed by atoms with Crippen LogP contribution in [0.25, 0.3) is 0 Å². The Morgan fingerprint density at radius 3 is 2.26 bits per heavy atom. The molecule has 0 unspecified atom stereocenters. The molecule has 1 aromatic carbocycles. The van der Waals surface area contributed by atoms with Crippen LogP contribution in [0.4, 0.5) is 5.69 Å². The fourth-order valence-corrected chi connectivity index (χ4v) is 1.82. The SMILES string of the molecule is Cc1coc(C)c1C(=O)Nc1ccc(C(N)=O)cc1. The van der Waals surface area contributed by atoms with Gasteiger partial charge in [-0.2, -0.15) is 0 Å². The quantitative estimate of drug-likeness (QED) is 0.885. The van der Waals surface area contributed by atoms with Gasteiger partial charge >= 0.3 is 0 Å². The van der Waals surface area contributed by atoms with E-state index in [4.69, 9.17) is 10.2 Å². The number of nitrogens with two attached hydrogens (primary N) is 1. The van der Waals surface area contributed by atoms with E-state index in [1.165, 1.54) is 0 Å². The maximum absolute atomic E-state index is 12.1. The molecule has 0 radical (unpaired) electrons. The number of furan rings is 1. The molecule has 0 saturated heterocycles. The van der Waals surface area contributed by atoms with Crippen molar-refractivity contribution in [2.24, 2.45) is 5.73 Å². The molecule has 5 heteroatoms. The zero-order chi connectivity index (χ0) is 14.0. The second kappa shape index (κ2) is 4.97. The van der Waals surface area contributed by atoms with E-state index < -0.39 is 5.91 Å². The average molecular weight is 258 g/mol. The smallest absolute Gasteiger partial charge is 0.259 e. The minimum absolute atomic E-state index is 0.240. The highest BCUT2D eigenvalue weighted by Gasteiger charge is 2.15. The maximum atomic E-state index is 12.1. The van der Waals surface area contributed by atoms with Crippen LogP contribution < -0.4 is 11.1 Å². The molecule has 3 N–H and O–H groups in total. The summed E-state index contributed by atoms with van der Waals surface area (Å²) in [6.45, 7) is 3.54. The first-order valence-electron chi connectivity index (χ1n) is 5.75. The Bertz CT molecular complexity index is 607. The van der Waals surface area contributed by atoms with Crippen LogP contribution in [-0.4, -0.2) is 11.8 Å². The van der Waals surface area contributed by atoms with E-state index in [0.717, 1.165) is 5.56 Å².